The third-order valence-electron chi connectivity index (χ3n) is 6.04. The molecule has 0 saturated carbocycles. The number of aromatic nitrogens is 2. The van der Waals surface area contributed by atoms with Gasteiger partial charge in [-0.3, -0.25) is 0 Å². The predicted octanol–water partition coefficient (Wildman–Crippen LogP) is 3.13. The second kappa shape index (κ2) is 6.59. The Bertz CT molecular complexity index is 962. The number of benzene rings is 2. The number of anilines is 1. The fourth-order valence-corrected chi connectivity index (χ4v) is 4.50. The first-order valence-electron chi connectivity index (χ1n) is 9.55. The molecule has 0 spiro atoms. The van der Waals surface area contributed by atoms with E-state index in [9.17, 15) is 5.11 Å². The van der Waals surface area contributed by atoms with Gasteiger partial charge >= 0.3 is 0 Å². The summed E-state index contributed by atoms with van der Waals surface area (Å²) in [5, 5.41) is 11.2. The molecule has 5 rings (SSSR count). The third kappa shape index (κ3) is 2.78. The van der Waals surface area contributed by atoms with Gasteiger partial charge in [-0.2, -0.15) is 0 Å². The average molecular weight is 361 g/mol. The summed E-state index contributed by atoms with van der Waals surface area (Å²) in [5.41, 5.74) is 1.78. The number of fused-ring (bicyclic) bond motifs is 2. The fourth-order valence-electron chi connectivity index (χ4n) is 4.50. The van der Waals surface area contributed by atoms with Crippen LogP contribution in [0.1, 0.15) is 6.42 Å². The van der Waals surface area contributed by atoms with E-state index in [1.807, 2.05) is 48.5 Å². The Morgan fingerprint density at radius 1 is 1.07 bits per heavy atom. The van der Waals surface area contributed by atoms with Gasteiger partial charge in [-0.25, -0.2) is 9.97 Å². The molecule has 2 atom stereocenters. The van der Waals surface area contributed by atoms with Gasteiger partial charge in [0.15, 0.2) is 5.82 Å². The molecule has 5 nitrogen and oxygen atoms in total. The van der Waals surface area contributed by atoms with Gasteiger partial charge in [-0.05, 0) is 24.5 Å². The van der Waals surface area contributed by atoms with Gasteiger partial charge in [0, 0.05) is 36.1 Å². The Kier molecular flexibility index (Phi) is 4.06. The molecule has 0 bridgehead atoms. The molecule has 0 radical (unpaired) electrons. The van der Waals surface area contributed by atoms with Crippen LogP contribution >= 0.6 is 0 Å². The number of hydrogen-bond acceptors (Lipinski definition) is 5. The van der Waals surface area contributed by atoms with E-state index in [0.29, 0.717) is 12.5 Å². The van der Waals surface area contributed by atoms with E-state index >= 15 is 0 Å². The molecule has 2 aliphatic heterocycles. The highest BCUT2D eigenvalue weighted by molar-refractivity contribution is 5.91. The van der Waals surface area contributed by atoms with E-state index in [2.05, 4.69) is 11.0 Å². The van der Waals surface area contributed by atoms with Gasteiger partial charge in [0.2, 0.25) is 0 Å². The summed E-state index contributed by atoms with van der Waals surface area (Å²) in [5.74, 6) is 2.14. The minimum Gasteiger partial charge on any atom is -0.396 e. The van der Waals surface area contributed by atoms with Crippen LogP contribution in [0.5, 0.6) is 0 Å². The molecule has 2 fully saturated rings. The minimum atomic E-state index is -0.183. The lowest BCUT2D eigenvalue weighted by atomic mass is 9.76. The summed E-state index contributed by atoms with van der Waals surface area (Å²) in [7, 11) is 0. The standard InChI is InChI=1S/C22H23N3O2/c26-14-22-13-25(12-17(22)10-11-27-15-22)21-18-8-4-5-9-19(18)23-20(24-21)16-6-2-1-3-7-16/h1-9,17,26H,10-15H2/t17-,22+/m0/s1. The van der Waals surface area contributed by atoms with Crippen molar-refractivity contribution in [3.05, 3.63) is 54.6 Å². The molecule has 2 saturated heterocycles. The number of rotatable bonds is 3. The summed E-state index contributed by atoms with van der Waals surface area (Å²) >= 11 is 0. The van der Waals surface area contributed by atoms with E-state index in [4.69, 9.17) is 14.7 Å². The van der Waals surface area contributed by atoms with Crippen LogP contribution in [0.2, 0.25) is 0 Å². The van der Waals surface area contributed by atoms with Gasteiger partial charge in [0.25, 0.3) is 0 Å². The molecule has 0 aliphatic carbocycles. The summed E-state index contributed by atoms with van der Waals surface area (Å²) in [6.07, 6.45) is 0.992. The van der Waals surface area contributed by atoms with Crippen LogP contribution in [0, 0.1) is 11.3 Å². The molecule has 3 heterocycles. The highest BCUT2D eigenvalue weighted by Gasteiger charge is 2.48. The van der Waals surface area contributed by atoms with Crippen molar-refractivity contribution in [2.75, 3.05) is 37.8 Å². The van der Waals surface area contributed by atoms with Gasteiger partial charge in [0.1, 0.15) is 5.82 Å². The third-order valence-corrected chi connectivity index (χ3v) is 6.04. The molecular formula is C22H23N3O2. The maximum absolute atomic E-state index is 10.1. The van der Waals surface area contributed by atoms with Crippen molar-refractivity contribution in [2.45, 2.75) is 6.42 Å². The molecule has 3 aromatic rings. The minimum absolute atomic E-state index is 0.155. The Hall–Kier alpha value is -2.50. The average Bonchev–Trinajstić information content (AvgIpc) is 3.13. The predicted molar refractivity (Wildman–Crippen MR) is 106 cm³/mol. The highest BCUT2D eigenvalue weighted by Crippen LogP contribution is 2.43. The van der Waals surface area contributed by atoms with Crippen molar-refractivity contribution in [1.82, 2.24) is 9.97 Å². The molecule has 2 aromatic carbocycles. The van der Waals surface area contributed by atoms with Crippen LogP contribution in [0.3, 0.4) is 0 Å². The molecule has 2 aliphatic rings. The Morgan fingerprint density at radius 3 is 2.70 bits per heavy atom. The van der Waals surface area contributed by atoms with Gasteiger partial charge < -0.3 is 14.7 Å². The van der Waals surface area contributed by atoms with Crippen molar-refractivity contribution < 1.29 is 9.84 Å². The number of para-hydroxylation sites is 1. The van der Waals surface area contributed by atoms with Gasteiger partial charge in [0.05, 0.1) is 18.7 Å². The maximum Gasteiger partial charge on any atom is 0.162 e. The van der Waals surface area contributed by atoms with Crippen LogP contribution in [0.15, 0.2) is 54.6 Å². The monoisotopic (exact) mass is 361 g/mol. The maximum atomic E-state index is 10.1. The number of aliphatic hydroxyl groups excluding tert-OH is 1. The summed E-state index contributed by atoms with van der Waals surface area (Å²) in [6.45, 7) is 3.23. The van der Waals surface area contributed by atoms with Crippen LogP contribution < -0.4 is 4.90 Å². The number of nitrogens with zero attached hydrogens (tertiary/aromatic N) is 3. The van der Waals surface area contributed by atoms with Crippen molar-refractivity contribution in [1.29, 1.82) is 0 Å². The molecule has 0 unspecified atom stereocenters. The van der Waals surface area contributed by atoms with Crippen LogP contribution in [-0.2, 0) is 4.74 Å². The quantitative estimate of drug-likeness (QED) is 0.777. The van der Waals surface area contributed by atoms with Crippen LogP contribution in [0.4, 0.5) is 5.82 Å². The Morgan fingerprint density at radius 2 is 1.89 bits per heavy atom. The van der Waals surface area contributed by atoms with Crippen molar-refractivity contribution >= 4 is 16.7 Å². The second-order valence-corrected chi connectivity index (χ2v) is 7.69. The van der Waals surface area contributed by atoms with Crippen molar-refractivity contribution in [3.63, 3.8) is 0 Å². The molecule has 27 heavy (non-hydrogen) atoms. The first kappa shape index (κ1) is 16.7. The fraction of sp³-hybridized carbons (Fsp3) is 0.364. The number of aliphatic hydroxyl groups is 1. The summed E-state index contributed by atoms with van der Waals surface area (Å²) < 4.78 is 5.72. The van der Waals surface area contributed by atoms with E-state index < -0.39 is 0 Å². The normalized spacial score (nSPS) is 24.9. The van der Waals surface area contributed by atoms with Crippen molar-refractivity contribution in [2.24, 2.45) is 11.3 Å². The zero-order valence-corrected chi connectivity index (χ0v) is 15.2. The van der Waals surface area contributed by atoms with Crippen molar-refractivity contribution in [3.8, 4) is 11.4 Å². The van der Waals surface area contributed by atoms with E-state index in [0.717, 1.165) is 54.2 Å². The van der Waals surface area contributed by atoms with E-state index in [1.54, 1.807) is 0 Å². The van der Waals surface area contributed by atoms with Gasteiger partial charge in [-0.1, -0.05) is 42.5 Å². The van der Waals surface area contributed by atoms with E-state index in [-0.39, 0.29) is 12.0 Å². The van der Waals surface area contributed by atoms with E-state index in [1.165, 1.54) is 0 Å². The molecule has 1 aromatic heterocycles. The van der Waals surface area contributed by atoms with Crippen LogP contribution in [-0.4, -0.2) is 48.0 Å². The lowest BCUT2D eigenvalue weighted by Crippen LogP contribution is -2.43. The lowest BCUT2D eigenvalue weighted by Gasteiger charge is -2.36. The number of ether oxygens (including phenoxy) is 1. The van der Waals surface area contributed by atoms with Crippen LogP contribution in [0.25, 0.3) is 22.3 Å². The molecular weight excluding hydrogens is 338 g/mol. The largest absolute Gasteiger partial charge is 0.396 e. The molecule has 5 heteroatoms. The zero-order chi connectivity index (χ0) is 18.3. The smallest absolute Gasteiger partial charge is 0.162 e. The Balaban J connectivity index is 1.62. The molecule has 0 amide bonds. The second-order valence-electron chi connectivity index (χ2n) is 7.69. The lowest BCUT2D eigenvalue weighted by molar-refractivity contribution is -0.0543. The first-order valence-corrected chi connectivity index (χ1v) is 9.55. The summed E-state index contributed by atoms with van der Waals surface area (Å²) in [6, 6.07) is 18.3. The Labute approximate surface area is 158 Å². The first-order chi connectivity index (χ1) is 13.3. The molecule has 138 valence electrons. The molecule has 1 N–H and O–H groups in total. The number of hydrogen-bond donors (Lipinski definition) is 1. The zero-order valence-electron chi connectivity index (χ0n) is 15.2. The topological polar surface area (TPSA) is 58.5 Å². The van der Waals surface area contributed by atoms with Gasteiger partial charge in [-0.15, -0.1) is 0 Å². The summed E-state index contributed by atoms with van der Waals surface area (Å²) in [4.78, 5) is 12.1. The highest BCUT2D eigenvalue weighted by atomic mass is 16.5. The SMILES string of the molecule is OC[C@]12COCC[C@H]1CN(c1nc(-c3ccccc3)nc3ccccc13)C2.